The molecule has 2 N–H and O–H groups in total. The fraction of sp³-hybridized carbons (Fsp3) is 0.333. The first-order valence-electron chi connectivity index (χ1n) is 3.86. The summed E-state index contributed by atoms with van der Waals surface area (Å²) in [4.78, 5) is 0. The quantitative estimate of drug-likeness (QED) is 0.819. The Kier molecular flexibility index (Phi) is 3.51. The highest BCUT2D eigenvalue weighted by atomic mass is 35.5. The normalized spacial score (nSPS) is 12.6. The molecule has 2 nitrogen and oxygen atoms in total. The van der Waals surface area contributed by atoms with E-state index < -0.39 is 6.17 Å². The second kappa shape index (κ2) is 4.44. The molecule has 13 heavy (non-hydrogen) atoms. The maximum absolute atomic E-state index is 13.1. The van der Waals surface area contributed by atoms with Gasteiger partial charge in [-0.3, -0.25) is 0 Å². The molecule has 1 atom stereocenters. The van der Waals surface area contributed by atoms with Crippen LogP contribution < -0.4 is 10.5 Å². The summed E-state index contributed by atoms with van der Waals surface area (Å²) in [6.45, 7) is -0.0369. The average molecular weight is 204 g/mol. The van der Waals surface area contributed by atoms with Crippen molar-refractivity contribution in [1.29, 1.82) is 0 Å². The van der Waals surface area contributed by atoms with E-state index in [1.165, 1.54) is 7.11 Å². The Morgan fingerprint density at radius 2 is 2.31 bits per heavy atom. The van der Waals surface area contributed by atoms with Crippen molar-refractivity contribution in [3.63, 3.8) is 0 Å². The summed E-state index contributed by atoms with van der Waals surface area (Å²) in [5.74, 6) is 0.468. The van der Waals surface area contributed by atoms with Gasteiger partial charge in [0, 0.05) is 6.54 Å². The van der Waals surface area contributed by atoms with Crippen LogP contribution in [-0.2, 0) is 0 Å². The summed E-state index contributed by atoms with van der Waals surface area (Å²) in [6.07, 6.45) is -1.16. The molecular formula is C9H11ClFNO. The van der Waals surface area contributed by atoms with Gasteiger partial charge in [-0.1, -0.05) is 17.7 Å². The van der Waals surface area contributed by atoms with Gasteiger partial charge in [0.15, 0.2) is 0 Å². The molecule has 0 heterocycles. The van der Waals surface area contributed by atoms with Gasteiger partial charge in [-0.25, -0.2) is 4.39 Å². The predicted octanol–water partition coefficient (Wildman–Crippen LogP) is 2.32. The van der Waals surface area contributed by atoms with E-state index in [0.717, 1.165) is 0 Å². The zero-order chi connectivity index (χ0) is 9.84. The molecule has 1 unspecified atom stereocenters. The van der Waals surface area contributed by atoms with E-state index in [9.17, 15) is 4.39 Å². The predicted molar refractivity (Wildman–Crippen MR) is 50.9 cm³/mol. The van der Waals surface area contributed by atoms with Crippen molar-refractivity contribution in [2.45, 2.75) is 6.17 Å². The molecule has 4 heteroatoms. The maximum atomic E-state index is 13.1. The molecule has 1 rings (SSSR count). The van der Waals surface area contributed by atoms with Crippen LogP contribution in [0.15, 0.2) is 18.2 Å². The van der Waals surface area contributed by atoms with E-state index in [-0.39, 0.29) is 6.54 Å². The van der Waals surface area contributed by atoms with Crippen LogP contribution >= 0.6 is 11.6 Å². The van der Waals surface area contributed by atoms with Crippen LogP contribution in [0.5, 0.6) is 5.75 Å². The molecule has 1 aromatic carbocycles. The van der Waals surface area contributed by atoms with Gasteiger partial charge in [0.05, 0.1) is 12.1 Å². The maximum Gasteiger partial charge on any atom is 0.137 e. The Labute approximate surface area is 81.4 Å². The number of ether oxygens (including phenoxy) is 1. The number of hydrogen-bond donors (Lipinski definition) is 1. The van der Waals surface area contributed by atoms with Crippen molar-refractivity contribution >= 4 is 11.6 Å². The van der Waals surface area contributed by atoms with Gasteiger partial charge in [-0.2, -0.15) is 0 Å². The van der Waals surface area contributed by atoms with Crippen molar-refractivity contribution in [2.75, 3.05) is 13.7 Å². The molecule has 1 aromatic rings. The third kappa shape index (κ3) is 2.32. The molecule has 0 saturated heterocycles. The van der Waals surface area contributed by atoms with Crippen molar-refractivity contribution in [2.24, 2.45) is 5.73 Å². The first kappa shape index (κ1) is 10.3. The second-order valence-corrected chi connectivity index (χ2v) is 3.00. The summed E-state index contributed by atoms with van der Waals surface area (Å²) in [5.41, 5.74) is 5.67. The van der Waals surface area contributed by atoms with Gasteiger partial charge < -0.3 is 10.5 Å². The topological polar surface area (TPSA) is 35.2 Å². The lowest BCUT2D eigenvalue weighted by Crippen LogP contribution is -2.07. The summed E-state index contributed by atoms with van der Waals surface area (Å²) in [5, 5.41) is 0.468. The number of hydrogen-bond acceptors (Lipinski definition) is 2. The zero-order valence-electron chi connectivity index (χ0n) is 7.26. The first-order chi connectivity index (χ1) is 6.19. The van der Waals surface area contributed by atoms with Crippen LogP contribution in [0, 0.1) is 0 Å². The monoisotopic (exact) mass is 203 g/mol. The van der Waals surface area contributed by atoms with Gasteiger partial charge in [0.2, 0.25) is 0 Å². The molecule has 0 aromatic heterocycles. The van der Waals surface area contributed by atoms with E-state index in [4.69, 9.17) is 22.1 Å². The highest BCUT2D eigenvalue weighted by Crippen LogP contribution is 2.28. The lowest BCUT2D eigenvalue weighted by Gasteiger charge is -2.08. The van der Waals surface area contributed by atoms with Crippen LogP contribution in [-0.4, -0.2) is 13.7 Å². The second-order valence-electron chi connectivity index (χ2n) is 2.60. The Morgan fingerprint density at radius 1 is 1.62 bits per heavy atom. The minimum atomic E-state index is -1.16. The third-order valence-corrected chi connectivity index (χ3v) is 2.06. The van der Waals surface area contributed by atoms with Crippen LogP contribution in [0.4, 0.5) is 4.39 Å². The van der Waals surface area contributed by atoms with Gasteiger partial charge >= 0.3 is 0 Å². The molecular weight excluding hydrogens is 193 g/mol. The van der Waals surface area contributed by atoms with Crippen molar-refractivity contribution in [1.82, 2.24) is 0 Å². The Bertz CT molecular complexity index is 293. The van der Waals surface area contributed by atoms with E-state index >= 15 is 0 Å². The lowest BCUT2D eigenvalue weighted by molar-refractivity contribution is 0.350. The third-order valence-electron chi connectivity index (χ3n) is 1.74. The SMILES string of the molecule is COc1cc(C(F)CN)ccc1Cl. The molecule has 0 aliphatic heterocycles. The molecule has 0 saturated carbocycles. The van der Waals surface area contributed by atoms with Gasteiger partial charge in [0.1, 0.15) is 11.9 Å². The minimum Gasteiger partial charge on any atom is -0.495 e. The highest BCUT2D eigenvalue weighted by molar-refractivity contribution is 6.32. The standard InChI is InChI=1S/C9H11ClFNO/c1-13-9-4-6(8(11)5-12)2-3-7(9)10/h2-4,8H,5,12H2,1H3. The number of methoxy groups -OCH3 is 1. The molecule has 0 aliphatic rings. The number of nitrogens with two attached hydrogens (primary N) is 1. The minimum absolute atomic E-state index is 0.0369. The van der Waals surface area contributed by atoms with Gasteiger partial charge in [0.25, 0.3) is 0 Å². The Balaban J connectivity index is 2.99. The van der Waals surface area contributed by atoms with E-state index in [1.807, 2.05) is 0 Å². The fourth-order valence-electron chi connectivity index (χ4n) is 1.01. The number of benzene rings is 1. The van der Waals surface area contributed by atoms with Crippen LogP contribution in [0.3, 0.4) is 0 Å². The zero-order valence-corrected chi connectivity index (χ0v) is 8.01. The molecule has 0 fully saturated rings. The van der Waals surface area contributed by atoms with Crippen LogP contribution in [0.1, 0.15) is 11.7 Å². The largest absolute Gasteiger partial charge is 0.495 e. The first-order valence-corrected chi connectivity index (χ1v) is 4.24. The van der Waals surface area contributed by atoms with Crippen LogP contribution in [0.25, 0.3) is 0 Å². The molecule has 0 radical (unpaired) electrons. The Morgan fingerprint density at radius 3 is 2.85 bits per heavy atom. The Hall–Kier alpha value is -0.800. The summed E-state index contributed by atoms with van der Waals surface area (Å²) in [7, 11) is 1.49. The number of halogens is 2. The van der Waals surface area contributed by atoms with Gasteiger partial charge in [-0.15, -0.1) is 0 Å². The fourth-order valence-corrected chi connectivity index (χ4v) is 1.20. The highest BCUT2D eigenvalue weighted by Gasteiger charge is 2.09. The summed E-state index contributed by atoms with van der Waals surface area (Å²) >= 11 is 5.77. The molecule has 0 spiro atoms. The molecule has 0 aliphatic carbocycles. The molecule has 0 amide bonds. The van der Waals surface area contributed by atoms with Crippen LogP contribution in [0.2, 0.25) is 5.02 Å². The number of rotatable bonds is 3. The van der Waals surface area contributed by atoms with Gasteiger partial charge in [-0.05, 0) is 17.7 Å². The van der Waals surface area contributed by atoms with Crippen molar-refractivity contribution in [3.05, 3.63) is 28.8 Å². The molecule has 72 valence electrons. The molecule has 0 bridgehead atoms. The lowest BCUT2D eigenvalue weighted by atomic mass is 10.1. The average Bonchev–Trinajstić information content (AvgIpc) is 2.17. The summed E-state index contributed by atoms with van der Waals surface area (Å²) < 4.78 is 18.0. The van der Waals surface area contributed by atoms with E-state index in [0.29, 0.717) is 16.3 Å². The summed E-state index contributed by atoms with van der Waals surface area (Å²) in [6, 6.07) is 4.75. The van der Waals surface area contributed by atoms with Crippen molar-refractivity contribution in [3.8, 4) is 5.75 Å². The van der Waals surface area contributed by atoms with E-state index in [1.54, 1.807) is 18.2 Å². The van der Waals surface area contributed by atoms with E-state index in [2.05, 4.69) is 0 Å². The number of alkyl halides is 1. The van der Waals surface area contributed by atoms with Crippen molar-refractivity contribution < 1.29 is 9.13 Å². The smallest absolute Gasteiger partial charge is 0.137 e.